The van der Waals surface area contributed by atoms with Crippen LogP contribution in [0.5, 0.6) is 11.5 Å². The summed E-state index contributed by atoms with van der Waals surface area (Å²) >= 11 is 1.75. The lowest BCUT2D eigenvalue weighted by Gasteiger charge is -2.09. The lowest BCUT2D eigenvalue weighted by atomic mass is 10.1. The van der Waals surface area contributed by atoms with E-state index >= 15 is 0 Å². The summed E-state index contributed by atoms with van der Waals surface area (Å²) in [5, 5.41) is 11.6. The Morgan fingerprint density at radius 1 is 1.21 bits per heavy atom. The molecule has 0 saturated heterocycles. The van der Waals surface area contributed by atoms with Crippen molar-refractivity contribution in [1.29, 1.82) is 0 Å². The highest BCUT2D eigenvalue weighted by atomic mass is 32.1. The molecule has 0 unspecified atom stereocenters. The third-order valence-corrected chi connectivity index (χ3v) is 5.74. The summed E-state index contributed by atoms with van der Waals surface area (Å²) in [5.41, 5.74) is 4.37. The molecule has 0 radical (unpaired) electrons. The van der Waals surface area contributed by atoms with Gasteiger partial charge in [0.25, 0.3) is 0 Å². The number of hydrogen-bond acceptors (Lipinski definition) is 6. The van der Waals surface area contributed by atoms with Gasteiger partial charge in [-0.2, -0.15) is 5.10 Å². The molecular weight excluding hydrogens is 372 g/mol. The Balaban J connectivity index is 1.42. The zero-order chi connectivity index (χ0) is 19.3. The van der Waals surface area contributed by atoms with Crippen molar-refractivity contribution in [2.45, 2.75) is 32.7 Å². The summed E-state index contributed by atoms with van der Waals surface area (Å²) in [6.45, 7) is 5.18. The molecular formula is C21H26N4O2S. The molecule has 3 heterocycles. The first-order valence-corrected chi connectivity index (χ1v) is 10.7. The van der Waals surface area contributed by atoms with E-state index < -0.39 is 0 Å². The maximum atomic E-state index is 5.83. The van der Waals surface area contributed by atoms with Crippen molar-refractivity contribution in [3.05, 3.63) is 46.0 Å². The second kappa shape index (κ2) is 8.75. The van der Waals surface area contributed by atoms with Gasteiger partial charge in [-0.3, -0.25) is 4.68 Å². The van der Waals surface area contributed by atoms with Crippen molar-refractivity contribution in [1.82, 2.24) is 20.1 Å². The van der Waals surface area contributed by atoms with E-state index in [0.29, 0.717) is 13.2 Å². The standard InChI is InChI=1S/C21H26N4O2S/c1-3-20-23-17(14-28-20)7-8-22-12-16-13-25(2)24-21(16)15-5-6-18-19(11-15)27-10-4-9-26-18/h5-6,11,13-14,22H,3-4,7-10,12H2,1-2H3. The van der Waals surface area contributed by atoms with Crippen LogP contribution in [0.15, 0.2) is 29.8 Å². The Labute approximate surface area is 169 Å². The third kappa shape index (κ3) is 4.36. The van der Waals surface area contributed by atoms with E-state index in [0.717, 1.165) is 55.1 Å². The summed E-state index contributed by atoms with van der Waals surface area (Å²) in [4.78, 5) is 4.63. The van der Waals surface area contributed by atoms with E-state index in [1.54, 1.807) is 11.3 Å². The average Bonchev–Trinajstić information content (AvgIpc) is 3.24. The molecule has 7 heteroatoms. The molecule has 1 aromatic carbocycles. The fourth-order valence-corrected chi connectivity index (χ4v) is 4.07. The fourth-order valence-electron chi connectivity index (χ4n) is 3.29. The first-order chi connectivity index (χ1) is 13.7. The minimum Gasteiger partial charge on any atom is -0.490 e. The summed E-state index contributed by atoms with van der Waals surface area (Å²) in [5.74, 6) is 1.61. The van der Waals surface area contributed by atoms with Gasteiger partial charge < -0.3 is 14.8 Å². The van der Waals surface area contributed by atoms with E-state index in [9.17, 15) is 0 Å². The van der Waals surface area contributed by atoms with E-state index in [1.165, 1.54) is 16.3 Å². The van der Waals surface area contributed by atoms with Crippen LogP contribution in [-0.4, -0.2) is 34.5 Å². The Morgan fingerprint density at radius 2 is 2.07 bits per heavy atom. The van der Waals surface area contributed by atoms with Crippen LogP contribution >= 0.6 is 11.3 Å². The van der Waals surface area contributed by atoms with Crippen LogP contribution in [0.2, 0.25) is 0 Å². The van der Waals surface area contributed by atoms with Crippen molar-refractivity contribution in [3.63, 3.8) is 0 Å². The van der Waals surface area contributed by atoms with Crippen molar-refractivity contribution in [3.8, 4) is 22.8 Å². The smallest absolute Gasteiger partial charge is 0.161 e. The number of nitrogens with zero attached hydrogens (tertiary/aromatic N) is 3. The maximum absolute atomic E-state index is 5.83. The SMILES string of the molecule is CCc1nc(CCNCc2cn(C)nc2-c2ccc3c(c2)OCCCO3)cs1. The minimum atomic E-state index is 0.684. The minimum absolute atomic E-state index is 0.684. The Morgan fingerprint density at radius 3 is 2.89 bits per heavy atom. The second-order valence-corrected chi connectivity index (χ2v) is 7.84. The number of ether oxygens (including phenoxy) is 2. The molecule has 0 atom stereocenters. The van der Waals surface area contributed by atoms with Crippen molar-refractivity contribution in [2.24, 2.45) is 7.05 Å². The molecule has 6 nitrogen and oxygen atoms in total. The fraction of sp³-hybridized carbons (Fsp3) is 0.429. The van der Waals surface area contributed by atoms with Crippen molar-refractivity contribution < 1.29 is 9.47 Å². The predicted octanol–water partition coefficient (Wildman–Crippen LogP) is 3.60. The largest absolute Gasteiger partial charge is 0.490 e. The van der Waals surface area contributed by atoms with Gasteiger partial charge >= 0.3 is 0 Å². The van der Waals surface area contributed by atoms with Gasteiger partial charge in [0.05, 0.1) is 29.6 Å². The van der Waals surface area contributed by atoms with Gasteiger partial charge in [0.1, 0.15) is 0 Å². The highest BCUT2D eigenvalue weighted by Gasteiger charge is 2.15. The van der Waals surface area contributed by atoms with Crippen LogP contribution in [0.1, 0.15) is 29.6 Å². The Kier molecular flexibility index (Phi) is 5.92. The number of thiazole rings is 1. The molecule has 3 aromatic rings. The zero-order valence-electron chi connectivity index (χ0n) is 16.4. The van der Waals surface area contributed by atoms with Crippen LogP contribution in [0.3, 0.4) is 0 Å². The number of fused-ring (bicyclic) bond motifs is 1. The van der Waals surface area contributed by atoms with Gasteiger partial charge in [-0.25, -0.2) is 4.98 Å². The topological polar surface area (TPSA) is 61.2 Å². The number of aromatic nitrogens is 3. The molecule has 1 N–H and O–H groups in total. The third-order valence-electron chi connectivity index (χ3n) is 4.70. The van der Waals surface area contributed by atoms with Gasteiger partial charge in [0, 0.05) is 55.7 Å². The first kappa shape index (κ1) is 19.0. The normalized spacial score (nSPS) is 13.5. The summed E-state index contributed by atoms with van der Waals surface area (Å²) in [7, 11) is 1.96. The highest BCUT2D eigenvalue weighted by Crippen LogP contribution is 2.34. The van der Waals surface area contributed by atoms with E-state index in [2.05, 4.69) is 40.0 Å². The second-order valence-electron chi connectivity index (χ2n) is 6.90. The molecule has 0 amide bonds. The molecule has 0 fully saturated rings. The van der Waals surface area contributed by atoms with E-state index in [4.69, 9.17) is 9.47 Å². The van der Waals surface area contributed by atoms with Crippen molar-refractivity contribution >= 4 is 11.3 Å². The predicted molar refractivity (Wildman–Crippen MR) is 111 cm³/mol. The summed E-state index contributed by atoms with van der Waals surface area (Å²) in [6.07, 6.45) is 4.92. The van der Waals surface area contributed by atoms with E-state index in [1.807, 2.05) is 23.9 Å². The monoisotopic (exact) mass is 398 g/mol. The molecule has 1 aliphatic rings. The molecule has 0 aliphatic carbocycles. The Bertz CT molecular complexity index is 934. The molecule has 4 rings (SSSR count). The van der Waals surface area contributed by atoms with E-state index in [-0.39, 0.29) is 0 Å². The van der Waals surface area contributed by atoms with Gasteiger partial charge in [-0.15, -0.1) is 11.3 Å². The zero-order valence-corrected chi connectivity index (χ0v) is 17.2. The van der Waals surface area contributed by atoms with Crippen LogP contribution in [0.25, 0.3) is 11.3 Å². The number of nitrogens with one attached hydrogen (secondary N) is 1. The number of benzene rings is 1. The molecule has 148 valence electrons. The number of rotatable bonds is 7. The quantitative estimate of drug-likeness (QED) is 0.616. The van der Waals surface area contributed by atoms with Gasteiger partial charge in [-0.05, 0) is 24.6 Å². The average molecular weight is 399 g/mol. The highest BCUT2D eigenvalue weighted by molar-refractivity contribution is 7.09. The van der Waals surface area contributed by atoms with Crippen LogP contribution < -0.4 is 14.8 Å². The van der Waals surface area contributed by atoms with Gasteiger partial charge in [-0.1, -0.05) is 6.92 Å². The Hall–Kier alpha value is -2.38. The number of aryl methyl sites for hydroxylation is 2. The first-order valence-electron chi connectivity index (χ1n) is 9.79. The van der Waals surface area contributed by atoms with Gasteiger partial charge in [0.2, 0.25) is 0 Å². The molecule has 0 spiro atoms. The molecule has 0 saturated carbocycles. The molecule has 1 aliphatic heterocycles. The summed E-state index contributed by atoms with van der Waals surface area (Å²) in [6, 6.07) is 6.07. The lowest BCUT2D eigenvalue weighted by Crippen LogP contribution is -2.17. The summed E-state index contributed by atoms with van der Waals surface area (Å²) < 4.78 is 13.4. The number of hydrogen-bond donors (Lipinski definition) is 1. The van der Waals surface area contributed by atoms with Crippen LogP contribution in [-0.2, 0) is 26.4 Å². The lowest BCUT2D eigenvalue weighted by molar-refractivity contribution is 0.297. The maximum Gasteiger partial charge on any atom is 0.161 e. The molecule has 2 aromatic heterocycles. The van der Waals surface area contributed by atoms with Crippen LogP contribution in [0, 0.1) is 0 Å². The van der Waals surface area contributed by atoms with Crippen molar-refractivity contribution in [2.75, 3.05) is 19.8 Å². The van der Waals surface area contributed by atoms with Gasteiger partial charge in [0.15, 0.2) is 11.5 Å². The van der Waals surface area contributed by atoms with Crippen LogP contribution in [0.4, 0.5) is 0 Å². The molecule has 0 bridgehead atoms. The molecule has 28 heavy (non-hydrogen) atoms.